The molecule has 1 aliphatic rings. The SMILES string of the molecule is c1cnc(Nc2cncc([C@@H]3CCCN(c4cnccn4)C3)n2)nc1. The molecule has 8 heteroatoms. The lowest BCUT2D eigenvalue weighted by atomic mass is 9.95. The van der Waals surface area contributed by atoms with Crippen LogP contribution in [0.15, 0.2) is 49.4 Å². The second kappa shape index (κ2) is 7.16. The van der Waals surface area contributed by atoms with Gasteiger partial charge in [0.2, 0.25) is 5.95 Å². The maximum Gasteiger partial charge on any atom is 0.228 e. The van der Waals surface area contributed by atoms with Crippen molar-refractivity contribution in [3.05, 3.63) is 55.1 Å². The minimum atomic E-state index is 0.307. The molecular weight excluding hydrogens is 316 g/mol. The van der Waals surface area contributed by atoms with Crippen molar-refractivity contribution >= 4 is 17.6 Å². The first kappa shape index (κ1) is 15.4. The molecule has 0 aromatic carbocycles. The molecule has 0 saturated carbocycles. The van der Waals surface area contributed by atoms with E-state index in [4.69, 9.17) is 4.98 Å². The van der Waals surface area contributed by atoms with Gasteiger partial charge in [-0.05, 0) is 18.9 Å². The van der Waals surface area contributed by atoms with Gasteiger partial charge in [-0.15, -0.1) is 0 Å². The summed E-state index contributed by atoms with van der Waals surface area (Å²) in [6.07, 6.45) is 14.3. The number of aromatic nitrogens is 6. The Kier molecular flexibility index (Phi) is 4.40. The largest absolute Gasteiger partial charge is 0.355 e. The number of hydrogen-bond donors (Lipinski definition) is 1. The molecule has 0 spiro atoms. The third-order valence-corrected chi connectivity index (χ3v) is 4.17. The van der Waals surface area contributed by atoms with Gasteiger partial charge in [-0.2, -0.15) is 0 Å². The highest BCUT2D eigenvalue weighted by atomic mass is 15.2. The smallest absolute Gasteiger partial charge is 0.228 e. The summed E-state index contributed by atoms with van der Waals surface area (Å²) >= 11 is 0. The summed E-state index contributed by atoms with van der Waals surface area (Å²) in [5.74, 6) is 2.38. The van der Waals surface area contributed by atoms with Crippen LogP contribution in [0.4, 0.5) is 17.6 Å². The van der Waals surface area contributed by atoms with Gasteiger partial charge >= 0.3 is 0 Å². The van der Waals surface area contributed by atoms with Crippen molar-refractivity contribution in [2.75, 3.05) is 23.3 Å². The zero-order valence-electron chi connectivity index (χ0n) is 13.7. The summed E-state index contributed by atoms with van der Waals surface area (Å²) in [5.41, 5.74) is 0.967. The van der Waals surface area contributed by atoms with Crippen molar-refractivity contribution in [3.63, 3.8) is 0 Å². The van der Waals surface area contributed by atoms with Crippen molar-refractivity contribution in [2.24, 2.45) is 0 Å². The van der Waals surface area contributed by atoms with Crippen molar-refractivity contribution in [1.29, 1.82) is 0 Å². The van der Waals surface area contributed by atoms with Crippen molar-refractivity contribution in [1.82, 2.24) is 29.9 Å². The number of anilines is 3. The quantitative estimate of drug-likeness (QED) is 0.776. The van der Waals surface area contributed by atoms with Gasteiger partial charge in [0.05, 0.1) is 18.1 Å². The van der Waals surface area contributed by atoms with Gasteiger partial charge in [0.1, 0.15) is 5.82 Å². The van der Waals surface area contributed by atoms with Gasteiger partial charge in [0, 0.05) is 50.0 Å². The lowest BCUT2D eigenvalue weighted by molar-refractivity contribution is 0.497. The molecule has 3 aromatic rings. The first-order valence-corrected chi connectivity index (χ1v) is 8.25. The molecule has 1 N–H and O–H groups in total. The molecule has 1 aliphatic heterocycles. The predicted octanol–water partition coefficient (Wildman–Crippen LogP) is 2.18. The van der Waals surface area contributed by atoms with E-state index < -0.39 is 0 Å². The molecule has 0 unspecified atom stereocenters. The Labute approximate surface area is 145 Å². The second-order valence-electron chi connectivity index (χ2n) is 5.88. The normalized spacial score (nSPS) is 17.3. The van der Waals surface area contributed by atoms with E-state index in [1.807, 2.05) is 6.20 Å². The van der Waals surface area contributed by atoms with Crippen LogP contribution in [0, 0.1) is 0 Å². The molecule has 1 fully saturated rings. The Bertz CT molecular complexity index is 811. The first-order chi connectivity index (χ1) is 12.4. The van der Waals surface area contributed by atoms with Crippen molar-refractivity contribution in [3.8, 4) is 0 Å². The topological polar surface area (TPSA) is 92.6 Å². The maximum absolute atomic E-state index is 4.70. The van der Waals surface area contributed by atoms with E-state index in [-0.39, 0.29) is 0 Å². The fraction of sp³-hybridized carbons (Fsp3) is 0.294. The summed E-state index contributed by atoms with van der Waals surface area (Å²) in [6, 6.07) is 1.77. The Morgan fingerprint density at radius 2 is 1.88 bits per heavy atom. The van der Waals surface area contributed by atoms with E-state index in [1.54, 1.807) is 43.2 Å². The van der Waals surface area contributed by atoms with E-state index in [2.05, 4.69) is 35.1 Å². The van der Waals surface area contributed by atoms with E-state index in [9.17, 15) is 0 Å². The van der Waals surface area contributed by atoms with E-state index in [0.717, 1.165) is 37.4 Å². The zero-order chi connectivity index (χ0) is 16.9. The lowest BCUT2D eigenvalue weighted by Crippen LogP contribution is -2.35. The van der Waals surface area contributed by atoms with Crippen LogP contribution >= 0.6 is 0 Å². The number of piperidine rings is 1. The Hall–Kier alpha value is -3.16. The van der Waals surface area contributed by atoms with E-state index in [1.165, 1.54) is 0 Å². The van der Waals surface area contributed by atoms with Crippen LogP contribution in [-0.4, -0.2) is 43.0 Å². The minimum absolute atomic E-state index is 0.307. The van der Waals surface area contributed by atoms with Gasteiger partial charge in [0.15, 0.2) is 5.82 Å². The summed E-state index contributed by atoms with van der Waals surface area (Å²) < 4.78 is 0. The zero-order valence-corrected chi connectivity index (χ0v) is 13.7. The van der Waals surface area contributed by atoms with Crippen LogP contribution in [0.5, 0.6) is 0 Å². The van der Waals surface area contributed by atoms with Crippen LogP contribution < -0.4 is 10.2 Å². The van der Waals surface area contributed by atoms with Gasteiger partial charge in [-0.3, -0.25) is 9.97 Å². The molecular formula is C17H18N8. The van der Waals surface area contributed by atoms with Gasteiger partial charge in [-0.25, -0.2) is 19.9 Å². The lowest BCUT2D eigenvalue weighted by Gasteiger charge is -2.33. The first-order valence-electron chi connectivity index (χ1n) is 8.25. The molecule has 8 nitrogen and oxygen atoms in total. The molecule has 4 rings (SSSR count). The molecule has 0 radical (unpaired) electrons. The molecule has 0 bridgehead atoms. The molecule has 3 aromatic heterocycles. The molecule has 0 aliphatic carbocycles. The van der Waals surface area contributed by atoms with Crippen molar-refractivity contribution < 1.29 is 0 Å². The summed E-state index contributed by atoms with van der Waals surface area (Å²) in [7, 11) is 0. The number of nitrogens with zero attached hydrogens (tertiary/aromatic N) is 7. The highest BCUT2D eigenvalue weighted by molar-refractivity contribution is 5.46. The molecule has 0 amide bonds. The standard InChI is InChI=1S/C17H18N8/c1-3-13(12-25(8-1)16-11-18-6-7-20-16)14-9-19-10-15(23-14)24-17-21-4-2-5-22-17/h2,4-7,9-11,13H,1,3,8,12H2,(H,21,22,23,24)/t13-/m1/s1. The number of hydrogen-bond acceptors (Lipinski definition) is 8. The van der Waals surface area contributed by atoms with Crippen LogP contribution in [0.2, 0.25) is 0 Å². The summed E-state index contributed by atoms with van der Waals surface area (Å²) in [6.45, 7) is 1.84. The number of rotatable bonds is 4. The highest BCUT2D eigenvalue weighted by Crippen LogP contribution is 2.28. The Morgan fingerprint density at radius 1 is 0.960 bits per heavy atom. The van der Waals surface area contributed by atoms with E-state index >= 15 is 0 Å². The Morgan fingerprint density at radius 3 is 2.72 bits per heavy atom. The second-order valence-corrected chi connectivity index (χ2v) is 5.88. The van der Waals surface area contributed by atoms with Crippen LogP contribution in [0.25, 0.3) is 0 Å². The predicted molar refractivity (Wildman–Crippen MR) is 93.6 cm³/mol. The van der Waals surface area contributed by atoms with Crippen LogP contribution in [0.3, 0.4) is 0 Å². The third-order valence-electron chi connectivity index (χ3n) is 4.17. The maximum atomic E-state index is 4.70. The molecule has 126 valence electrons. The summed E-state index contributed by atoms with van der Waals surface area (Å²) in [4.78, 5) is 28.2. The highest BCUT2D eigenvalue weighted by Gasteiger charge is 2.24. The molecule has 1 saturated heterocycles. The van der Waals surface area contributed by atoms with Gasteiger partial charge < -0.3 is 10.2 Å². The Balaban J connectivity index is 1.50. The molecule has 25 heavy (non-hydrogen) atoms. The third kappa shape index (κ3) is 3.68. The van der Waals surface area contributed by atoms with Crippen molar-refractivity contribution in [2.45, 2.75) is 18.8 Å². The van der Waals surface area contributed by atoms with E-state index in [0.29, 0.717) is 17.7 Å². The fourth-order valence-electron chi connectivity index (χ4n) is 3.00. The average Bonchev–Trinajstić information content (AvgIpc) is 2.70. The van der Waals surface area contributed by atoms with Gasteiger partial charge in [-0.1, -0.05) is 0 Å². The number of nitrogens with one attached hydrogen (secondary N) is 1. The van der Waals surface area contributed by atoms with Crippen LogP contribution in [-0.2, 0) is 0 Å². The van der Waals surface area contributed by atoms with Crippen LogP contribution in [0.1, 0.15) is 24.5 Å². The molecule has 4 heterocycles. The van der Waals surface area contributed by atoms with Gasteiger partial charge in [0.25, 0.3) is 0 Å². The average molecular weight is 334 g/mol. The molecule has 1 atom stereocenters. The summed E-state index contributed by atoms with van der Waals surface area (Å²) in [5, 5.41) is 3.09. The monoisotopic (exact) mass is 334 g/mol. The minimum Gasteiger partial charge on any atom is -0.355 e. The fourth-order valence-corrected chi connectivity index (χ4v) is 3.00.